The van der Waals surface area contributed by atoms with Crippen LogP contribution in [0, 0.1) is 5.92 Å². The van der Waals surface area contributed by atoms with Crippen molar-refractivity contribution < 1.29 is 17.9 Å². The lowest BCUT2D eigenvalue weighted by Crippen LogP contribution is -2.48. The molecule has 2 rings (SSSR count). The molecule has 1 aromatic rings. The number of piperidine rings is 1. The summed E-state index contributed by atoms with van der Waals surface area (Å²) >= 11 is 0. The predicted octanol–water partition coefficient (Wildman–Crippen LogP) is 0.749. The van der Waals surface area contributed by atoms with Gasteiger partial charge in [-0.1, -0.05) is 6.92 Å². The van der Waals surface area contributed by atoms with Crippen LogP contribution in [0.1, 0.15) is 23.7 Å². The molecule has 7 heteroatoms. The predicted molar refractivity (Wildman–Crippen MR) is 78.5 cm³/mol. The van der Waals surface area contributed by atoms with Gasteiger partial charge in [0.15, 0.2) is 0 Å². The van der Waals surface area contributed by atoms with Crippen molar-refractivity contribution in [2.45, 2.75) is 24.3 Å². The Bertz CT molecular complexity index is 598. The first-order valence-electron chi connectivity index (χ1n) is 6.85. The molecule has 6 nitrogen and oxygen atoms in total. The maximum absolute atomic E-state index is 12.3. The summed E-state index contributed by atoms with van der Waals surface area (Å²) in [6.07, 6.45) is 0.765. The minimum absolute atomic E-state index is 0.0727. The SMILES string of the molecule is COC(=O)c1ccc(S(=O)(=O)NC2CCNCC2C)cc1. The molecule has 1 aliphatic heterocycles. The standard InChI is InChI=1S/C14H20N2O4S/c1-10-9-15-8-7-13(10)16-21(18,19)12-5-3-11(4-6-12)14(17)20-2/h3-6,10,13,15-16H,7-9H2,1-2H3. The van der Waals surface area contributed by atoms with Crippen molar-refractivity contribution in [2.75, 3.05) is 20.2 Å². The quantitative estimate of drug-likeness (QED) is 0.802. The van der Waals surface area contributed by atoms with E-state index in [4.69, 9.17) is 0 Å². The summed E-state index contributed by atoms with van der Waals surface area (Å²) in [5.41, 5.74) is 0.326. The molecule has 0 saturated carbocycles. The van der Waals surface area contributed by atoms with Crippen LogP contribution in [0.5, 0.6) is 0 Å². The molecule has 1 saturated heterocycles. The van der Waals surface area contributed by atoms with E-state index in [1.807, 2.05) is 6.92 Å². The monoisotopic (exact) mass is 312 g/mol. The second kappa shape index (κ2) is 6.55. The van der Waals surface area contributed by atoms with Gasteiger partial charge >= 0.3 is 5.97 Å². The summed E-state index contributed by atoms with van der Waals surface area (Å²) in [5, 5.41) is 3.23. The molecule has 21 heavy (non-hydrogen) atoms. The number of hydrogen-bond donors (Lipinski definition) is 2. The first-order valence-corrected chi connectivity index (χ1v) is 8.34. The second-order valence-corrected chi connectivity index (χ2v) is 6.93. The Morgan fingerprint density at radius 3 is 2.57 bits per heavy atom. The molecule has 0 radical (unpaired) electrons. The van der Waals surface area contributed by atoms with E-state index in [0.717, 1.165) is 19.5 Å². The minimum Gasteiger partial charge on any atom is -0.465 e. The zero-order valence-electron chi connectivity index (χ0n) is 12.1. The van der Waals surface area contributed by atoms with Gasteiger partial charge in [0.25, 0.3) is 0 Å². The van der Waals surface area contributed by atoms with Crippen LogP contribution < -0.4 is 10.0 Å². The van der Waals surface area contributed by atoms with Gasteiger partial charge in [-0.3, -0.25) is 0 Å². The van der Waals surface area contributed by atoms with E-state index >= 15 is 0 Å². The smallest absolute Gasteiger partial charge is 0.337 e. The van der Waals surface area contributed by atoms with Crippen LogP contribution >= 0.6 is 0 Å². The van der Waals surface area contributed by atoms with Gasteiger partial charge in [-0.25, -0.2) is 17.9 Å². The highest BCUT2D eigenvalue weighted by Crippen LogP contribution is 2.16. The third kappa shape index (κ3) is 3.81. The van der Waals surface area contributed by atoms with Crippen molar-refractivity contribution >= 4 is 16.0 Å². The Morgan fingerprint density at radius 1 is 1.33 bits per heavy atom. The fourth-order valence-corrected chi connectivity index (χ4v) is 3.72. The Hall–Kier alpha value is -1.44. The summed E-state index contributed by atoms with van der Waals surface area (Å²) in [6.45, 7) is 3.62. The molecule has 0 aromatic heterocycles. The van der Waals surface area contributed by atoms with E-state index in [1.54, 1.807) is 0 Å². The number of sulfonamides is 1. The summed E-state index contributed by atoms with van der Waals surface area (Å²) in [6, 6.07) is 5.66. The summed E-state index contributed by atoms with van der Waals surface area (Å²) in [5.74, 6) is -0.248. The van der Waals surface area contributed by atoms with Crippen molar-refractivity contribution in [3.05, 3.63) is 29.8 Å². The third-order valence-electron chi connectivity index (χ3n) is 3.68. The average molecular weight is 312 g/mol. The molecular formula is C14H20N2O4S. The van der Waals surface area contributed by atoms with E-state index in [1.165, 1.54) is 31.4 Å². The van der Waals surface area contributed by atoms with Gasteiger partial charge in [0, 0.05) is 6.04 Å². The fourth-order valence-electron chi connectivity index (χ4n) is 2.34. The maximum atomic E-state index is 12.3. The number of esters is 1. The first-order chi connectivity index (χ1) is 9.94. The number of methoxy groups -OCH3 is 1. The molecule has 1 aliphatic rings. The highest BCUT2D eigenvalue weighted by atomic mass is 32.2. The molecule has 2 unspecified atom stereocenters. The van der Waals surface area contributed by atoms with Gasteiger partial charge in [0.05, 0.1) is 17.6 Å². The molecule has 1 heterocycles. The first kappa shape index (κ1) is 15.9. The largest absolute Gasteiger partial charge is 0.465 e. The van der Waals surface area contributed by atoms with Gasteiger partial charge in [-0.15, -0.1) is 0 Å². The van der Waals surface area contributed by atoms with Crippen LogP contribution in [0.2, 0.25) is 0 Å². The normalized spacial score (nSPS) is 22.8. The second-order valence-electron chi connectivity index (χ2n) is 5.21. The van der Waals surface area contributed by atoms with Gasteiger partial charge in [0.2, 0.25) is 10.0 Å². The molecule has 0 spiro atoms. The van der Waals surface area contributed by atoms with Crippen molar-refractivity contribution in [3.8, 4) is 0 Å². The summed E-state index contributed by atoms with van der Waals surface area (Å²) < 4.78 is 32.0. The summed E-state index contributed by atoms with van der Waals surface area (Å²) in [7, 11) is -2.29. The maximum Gasteiger partial charge on any atom is 0.337 e. The van der Waals surface area contributed by atoms with Crippen molar-refractivity contribution in [1.29, 1.82) is 0 Å². The molecule has 116 valence electrons. The molecule has 0 bridgehead atoms. The number of carbonyl (C=O) groups is 1. The Balaban J connectivity index is 2.13. The summed E-state index contributed by atoms with van der Waals surface area (Å²) in [4.78, 5) is 11.5. The molecule has 1 fully saturated rings. The molecule has 2 N–H and O–H groups in total. The van der Waals surface area contributed by atoms with E-state index in [2.05, 4.69) is 14.8 Å². The van der Waals surface area contributed by atoms with Crippen LogP contribution in [0.25, 0.3) is 0 Å². The van der Waals surface area contributed by atoms with Gasteiger partial charge in [-0.2, -0.15) is 0 Å². The number of benzene rings is 1. The van der Waals surface area contributed by atoms with Crippen molar-refractivity contribution in [2.24, 2.45) is 5.92 Å². The number of carbonyl (C=O) groups excluding carboxylic acids is 1. The fraction of sp³-hybridized carbons (Fsp3) is 0.500. The zero-order valence-corrected chi connectivity index (χ0v) is 12.9. The van der Waals surface area contributed by atoms with Crippen molar-refractivity contribution in [3.63, 3.8) is 0 Å². The zero-order chi connectivity index (χ0) is 15.5. The lowest BCUT2D eigenvalue weighted by Gasteiger charge is -2.29. The van der Waals surface area contributed by atoms with Crippen LogP contribution in [0.15, 0.2) is 29.2 Å². The van der Waals surface area contributed by atoms with E-state index in [9.17, 15) is 13.2 Å². The van der Waals surface area contributed by atoms with Crippen LogP contribution in [-0.2, 0) is 14.8 Å². The molecular weight excluding hydrogens is 292 g/mol. The number of nitrogens with one attached hydrogen (secondary N) is 2. The van der Waals surface area contributed by atoms with Gasteiger partial charge < -0.3 is 10.1 Å². The lowest BCUT2D eigenvalue weighted by molar-refractivity contribution is 0.0600. The molecule has 1 aromatic carbocycles. The third-order valence-corrected chi connectivity index (χ3v) is 5.18. The molecule has 2 atom stereocenters. The minimum atomic E-state index is -3.57. The Kier molecular flexibility index (Phi) is 4.97. The van der Waals surface area contributed by atoms with E-state index in [-0.39, 0.29) is 16.9 Å². The van der Waals surface area contributed by atoms with E-state index in [0.29, 0.717) is 5.56 Å². The van der Waals surface area contributed by atoms with Crippen LogP contribution in [0.4, 0.5) is 0 Å². The number of hydrogen-bond acceptors (Lipinski definition) is 5. The Morgan fingerprint density at radius 2 is 2.00 bits per heavy atom. The average Bonchev–Trinajstić information content (AvgIpc) is 2.49. The van der Waals surface area contributed by atoms with Crippen LogP contribution in [0.3, 0.4) is 0 Å². The van der Waals surface area contributed by atoms with Gasteiger partial charge in [0.1, 0.15) is 0 Å². The molecule has 0 aliphatic carbocycles. The molecule has 0 amide bonds. The topological polar surface area (TPSA) is 84.5 Å². The lowest BCUT2D eigenvalue weighted by atomic mass is 9.97. The number of ether oxygens (including phenoxy) is 1. The van der Waals surface area contributed by atoms with Gasteiger partial charge in [-0.05, 0) is 49.7 Å². The number of rotatable bonds is 4. The Labute approximate surface area is 124 Å². The van der Waals surface area contributed by atoms with Crippen molar-refractivity contribution in [1.82, 2.24) is 10.0 Å². The van der Waals surface area contributed by atoms with Crippen LogP contribution in [-0.4, -0.2) is 40.6 Å². The highest BCUT2D eigenvalue weighted by molar-refractivity contribution is 7.89. The highest BCUT2D eigenvalue weighted by Gasteiger charge is 2.26. The van der Waals surface area contributed by atoms with E-state index < -0.39 is 16.0 Å².